The van der Waals surface area contributed by atoms with Crippen molar-refractivity contribution in [2.75, 3.05) is 20.1 Å². The second kappa shape index (κ2) is 13.0. The van der Waals surface area contributed by atoms with E-state index in [1.54, 1.807) is 33.0 Å². The molecule has 1 atom stereocenters. The highest BCUT2D eigenvalue weighted by molar-refractivity contribution is 6.10. The number of halogens is 2. The number of nitriles is 1. The first-order chi connectivity index (χ1) is 18.6. The number of allylic oxidation sites excluding steroid dienone is 4. The number of likely N-dealkylation sites (tertiary alicyclic amines) is 1. The summed E-state index contributed by atoms with van der Waals surface area (Å²) < 4.78 is 32.5. The van der Waals surface area contributed by atoms with Crippen LogP contribution in [0.25, 0.3) is 0 Å². The largest absolute Gasteiger partial charge is 0.472 e. The van der Waals surface area contributed by atoms with Gasteiger partial charge in [-0.25, -0.2) is 8.78 Å². The zero-order valence-corrected chi connectivity index (χ0v) is 23.1. The lowest BCUT2D eigenvalue weighted by atomic mass is 9.92. The summed E-state index contributed by atoms with van der Waals surface area (Å²) in [7, 11) is 1.57. The summed E-state index contributed by atoms with van der Waals surface area (Å²) in [6.07, 6.45) is 7.48. The number of nitrogens with zero attached hydrogens (tertiary/aromatic N) is 3. The first-order valence-corrected chi connectivity index (χ1v) is 12.4. The molecule has 1 saturated heterocycles. The fraction of sp³-hybridized carbons (Fsp3) is 0.393. The van der Waals surface area contributed by atoms with Crippen LogP contribution in [0.15, 0.2) is 72.5 Å². The Morgan fingerprint density at radius 2 is 2.08 bits per heavy atom. The van der Waals surface area contributed by atoms with Gasteiger partial charge in [0.2, 0.25) is 5.91 Å². The van der Waals surface area contributed by atoms with Gasteiger partial charge in [0, 0.05) is 36.5 Å². The lowest BCUT2D eigenvalue weighted by molar-refractivity contribution is -0.131. The van der Waals surface area contributed by atoms with E-state index >= 15 is 0 Å². The van der Waals surface area contributed by atoms with Crippen LogP contribution in [0.2, 0.25) is 0 Å². The van der Waals surface area contributed by atoms with Gasteiger partial charge >= 0.3 is 0 Å². The molecule has 10 nitrogen and oxygen atoms in total. The van der Waals surface area contributed by atoms with E-state index in [9.17, 15) is 18.4 Å². The van der Waals surface area contributed by atoms with Gasteiger partial charge in [-0.05, 0) is 25.0 Å². The third-order valence-corrected chi connectivity index (χ3v) is 6.18. The summed E-state index contributed by atoms with van der Waals surface area (Å²) in [5, 5.41) is 30.7. The molecular weight excluding hydrogens is 520 g/mol. The van der Waals surface area contributed by atoms with Crippen molar-refractivity contribution in [2.24, 2.45) is 5.41 Å². The number of rotatable bonds is 12. The number of nitrogens with one attached hydrogen (secondary N) is 4. The molecule has 2 amide bonds. The highest BCUT2D eigenvalue weighted by atomic mass is 19.3. The number of hydrogen-bond acceptors (Lipinski definition) is 8. The zero-order chi connectivity index (χ0) is 30.3. The number of amides is 2. The summed E-state index contributed by atoms with van der Waals surface area (Å²) in [5.41, 5.74) is -0.475. The van der Waals surface area contributed by atoms with Crippen molar-refractivity contribution in [2.45, 2.75) is 45.8 Å². The molecular formula is C28H35F2N7O3. The molecule has 0 bridgehead atoms. The van der Waals surface area contributed by atoms with Gasteiger partial charge in [-0.1, -0.05) is 45.2 Å². The first-order valence-electron chi connectivity index (χ1n) is 12.4. The lowest BCUT2D eigenvalue weighted by Gasteiger charge is -2.25. The summed E-state index contributed by atoms with van der Waals surface area (Å²) in [6.45, 7) is 11.8. The molecule has 2 aliphatic rings. The molecule has 40 heavy (non-hydrogen) atoms. The van der Waals surface area contributed by atoms with Crippen LogP contribution in [0, 0.1) is 27.6 Å². The first kappa shape index (κ1) is 31.7. The maximum absolute atomic E-state index is 13.4. The van der Waals surface area contributed by atoms with Gasteiger partial charge in [-0.3, -0.25) is 19.9 Å². The molecule has 0 aromatic heterocycles. The number of hydrogen-bond donors (Lipinski definition) is 4. The van der Waals surface area contributed by atoms with Crippen molar-refractivity contribution in [3.63, 3.8) is 0 Å². The van der Waals surface area contributed by atoms with Crippen molar-refractivity contribution in [3.05, 3.63) is 72.5 Å². The predicted molar refractivity (Wildman–Crippen MR) is 148 cm³/mol. The average molecular weight is 556 g/mol. The molecule has 0 radical (unpaired) electrons. The highest BCUT2D eigenvalue weighted by Crippen LogP contribution is 2.31. The molecule has 12 heteroatoms. The molecule has 4 N–H and O–H groups in total. The van der Waals surface area contributed by atoms with Crippen molar-refractivity contribution in [1.82, 2.24) is 20.4 Å². The average Bonchev–Trinajstić information content (AvgIpc) is 3.37. The van der Waals surface area contributed by atoms with E-state index in [2.05, 4.69) is 23.8 Å². The van der Waals surface area contributed by atoms with Crippen LogP contribution in [0.1, 0.15) is 33.6 Å². The Morgan fingerprint density at radius 3 is 2.62 bits per heavy atom. The smallest absolute Gasteiger partial charge is 0.275 e. The third kappa shape index (κ3) is 7.99. The molecule has 0 aliphatic carbocycles. The van der Waals surface area contributed by atoms with Crippen molar-refractivity contribution in [3.8, 4) is 6.07 Å². The molecule has 0 aromatic carbocycles. The fourth-order valence-electron chi connectivity index (χ4n) is 3.91. The van der Waals surface area contributed by atoms with Crippen molar-refractivity contribution < 1.29 is 23.1 Å². The minimum atomic E-state index is -3.07. The summed E-state index contributed by atoms with van der Waals surface area (Å²) in [6, 6.07) is 1.90. The standard InChI is InChI=1S/C28H35F2N7O3/c1-7-8-9-19(14-18(2)20(32)15-28(5,29)30)25-36(6)22(17-40-25)24(38)35-21(16-34-12-11-31)23(33)37-13-10-27(3,4)26(37)39/h7-9,14,16-17,25,32-34H,1-2,10,12-13,15H2,3-6H3,(H,35,38)/b9-8-,19-14+,21-16+,32-20?,33-23?. The Labute approximate surface area is 233 Å². The molecule has 2 heterocycles. The maximum Gasteiger partial charge on any atom is 0.275 e. The number of alkyl halides is 2. The van der Waals surface area contributed by atoms with Crippen molar-refractivity contribution >= 4 is 23.4 Å². The van der Waals surface area contributed by atoms with Gasteiger partial charge in [0.25, 0.3) is 11.8 Å². The number of ether oxygens (including phenoxy) is 1. The number of amidine groups is 1. The summed E-state index contributed by atoms with van der Waals surface area (Å²) in [4.78, 5) is 28.8. The van der Waals surface area contributed by atoms with Crippen LogP contribution in [0.3, 0.4) is 0 Å². The van der Waals surface area contributed by atoms with E-state index in [0.29, 0.717) is 18.5 Å². The SMILES string of the molecule is C=C/C=C\C(=C/C(=C)C(=N)CC(C)(F)F)C1OC=C(C(=O)N/C(=C/NCC#N)C(=N)N2CCC(C)(C)C2=O)N1C. The Morgan fingerprint density at radius 1 is 1.40 bits per heavy atom. The summed E-state index contributed by atoms with van der Waals surface area (Å²) in [5.74, 6) is -4.22. The van der Waals surface area contributed by atoms with E-state index in [4.69, 9.17) is 20.8 Å². The van der Waals surface area contributed by atoms with Crippen molar-refractivity contribution in [1.29, 1.82) is 16.1 Å². The molecule has 1 unspecified atom stereocenters. The molecule has 0 spiro atoms. The minimum absolute atomic E-state index is 0.0197. The topological polar surface area (TPSA) is 145 Å². The van der Waals surface area contributed by atoms with E-state index < -0.39 is 29.9 Å². The van der Waals surface area contributed by atoms with E-state index in [0.717, 1.165) is 6.92 Å². The zero-order valence-electron chi connectivity index (χ0n) is 23.1. The Kier molecular flexibility index (Phi) is 10.3. The van der Waals surface area contributed by atoms with Gasteiger partial charge in [-0.15, -0.1) is 0 Å². The lowest BCUT2D eigenvalue weighted by Crippen LogP contribution is -2.43. The van der Waals surface area contributed by atoms with Gasteiger partial charge < -0.3 is 25.7 Å². The number of carbonyl (C=O) groups excluding carboxylic acids is 2. The third-order valence-electron chi connectivity index (χ3n) is 6.18. The van der Waals surface area contributed by atoms with E-state index in [-0.39, 0.29) is 41.0 Å². The minimum Gasteiger partial charge on any atom is -0.472 e. The molecule has 1 fully saturated rings. The van der Waals surface area contributed by atoms with E-state index in [1.165, 1.54) is 34.4 Å². The monoisotopic (exact) mass is 555 g/mol. The summed E-state index contributed by atoms with van der Waals surface area (Å²) >= 11 is 0. The van der Waals surface area contributed by atoms with Gasteiger partial charge in [0.05, 0.1) is 18.2 Å². The van der Waals surface area contributed by atoms with Crippen LogP contribution < -0.4 is 10.6 Å². The molecule has 0 aromatic rings. The Hall–Kier alpha value is -4.53. The molecule has 2 aliphatic heterocycles. The van der Waals surface area contributed by atoms with Gasteiger partial charge in [0.15, 0.2) is 12.1 Å². The van der Waals surface area contributed by atoms with Gasteiger partial charge in [-0.2, -0.15) is 5.26 Å². The predicted octanol–water partition coefficient (Wildman–Crippen LogP) is 3.71. The van der Waals surface area contributed by atoms with Crippen LogP contribution in [0.4, 0.5) is 8.78 Å². The highest BCUT2D eigenvalue weighted by Gasteiger charge is 2.41. The van der Waals surface area contributed by atoms with Crippen LogP contribution >= 0.6 is 0 Å². The Bertz CT molecular complexity index is 1250. The maximum atomic E-state index is 13.4. The van der Waals surface area contributed by atoms with E-state index in [1.807, 2.05) is 6.07 Å². The van der Waals surface area contributed by atoms with Crippen LogP contribution in [-0.4, -0.2) is 65.4 Å². The fourth-order valence-corrected chi connectivity index (χ4v) is 3.91. The quantitative estimate of drug-likeness (QED) is 0.0950. The number of likely N-dealkylation sites (N-methyl/N-ethyl adjacent to an activating group) is 1. The van der Waals surface area contributed by atoms with Crippen LogP contribution in [0.5, 0.6) is 0 Å². The normalized spacial score (nSPS) is 19.2. The number of carbonyl (C=O) groups is 2. The second-order valence-electron chi connectivity index (χ2n) is 10.1. The van der Waals surface area contributed by atoms with Crippen LogP contribution in [-0.2, 0) is 14.3 Å². The Balaban J connectivity index is 2.26. The van der Waals surface area contributed by atoms with Gasteiger partial charge in [0.1, 0.15) is 18.5 Å². The molecule has 214 valence electrons. The molecule has 2 rings (SSSR count). The molecule has 0 saturated carbocycles. The second-order valence-corrected chi connectivity index (χ2v) is 10.1.